The third-order valence-corrected chi connectivity index (χ3v) is 6.37. The number of amides is 2. The number of hydrogen-bond donors (Lipinski definition) is 1. The Morgan fingerprint density at radius 1 is 1.00 bits per heavy atom. The van der Waals surface area contributed by atoms with Crippen molar-refractivity contribution in [1.29, 1.82) is 0 Å². The number of amidine groups is 1. The number of nitrogens with one attached hydrogen (secondary N) is 1. The predicted octanol–water partition coefficient (Wildman–Crippen LogP) is 6.63. The van der Waals surface area contributed by atoms with E-state index in [1.54, 1.807) is 54.6 Å². The Balaban J connectivity index is 1.44. The predicted molar refractivity (Wildman–Crippen MR) is 134 cm³/mol. The fraction of sp³-hybridized carbons (Fsp3) is 0.0417. The molecule has 1 saturated heterocycles. The van der Waals surface area contributed by atoms with Gasteiger partial charge in [-0.2, -0.15) is 4.99 Å². The van der Waals surface area contributed by atoms with Gasteiger partial charge in [0.25, 0.3) is 11.8 Å². The summed E-state index contributed by atoms with van der Waals surface area (Å²) in [4.78, 5) is 29.0. The van der Waals surface area contributed by atoms with Gasteiger partial charge >= 0.3 is 0 Å². The van der Waals surface area contributed by atoms with Gasteiger partial charge in [0.2, 0.25) is 0 Å². The largest absolute Gasteiger partial charge is 0.487 e. The summed E-state index contributed by atoms with van der Waals surface area (Å²) in [7, 11) is 0. The van der Waals surface area contributed by atoms with Crippen LogP contribution in [0, 0.1) is 0 Å². The molecule has 0 saturated carbocycles. The van der Waals surface area contributed by atoms with E-state index in [1.807, 2.05) is 18.2 Å². The fourth-order valence-corrected chi connectivity index (χ4v) is 4.26. The second kappa shape index (κ2) is 10.4. The van der Waals surface area contributed by atoms with Gasteiger partial charge in [0.05, 0.1) is 9.93 Å². The number of ether oxygens (including phenoxy) is 1. The van der Waals surface area contributed by atoms with Gasteiger partial charge in [-0.3, -0.25) is 9.59 Å². The van der Waals surface area contributed by atoms with E-state index >= 15 is 0 Å². The summed E-state index contributed by atoms with van der Waals surface area (Å²) in [6.07, 6.45) is 1.67. The molecule has 0 aromatic heterocycles. The summed E-state index contributed by atoms with van der Waals surface area (Å²) in [6.45, 7) is 0.277. The molecule has 2 amide bonds. The Morgan fingerprint density at radius 3 is 2.48 bits per heavy atom. The van der Waals surface area contributed by atoms with Crippen molar-refractivity contribution in [3.8, 4) is 5.75 Å². The highest BCUT2D eigenvalue weighted by Crippen LogP contribution is 2.31. The van der Waals surface area contributed by atoms with E-state index in [2.05, 4.69) is 10.3 Å². The molecule has 0 spiro atoms. The van der Waals surface area contributed by atoms with Crippen LogP contribution in [0.25, 0.3) is 6.08 Å². The van der Waals surface area contributed by atoms with Crippen LogP contribution in [-0.4, -0.2) is 17.0 Å². The molecule has 33 heavy (non-hydrogen) atoms. The second-order valence-electron chi connectivity index (χ2n) is 6.86. The number of benzene rings is 3. The van der Waals surface area contributed by atoms with Crippen LogP contribution in [0.1, 0.15) is 21.5 Å². The minimum atomic E-state index is -0.473. The summed E-state index contributed by atoms with van der Waals surface area (Å²) in [5.41, 5.74) is 1.92. The van der Waals surface area contributed by atoms with Crippen molar-refractivity contribution in [2.75, 3.05) is 0 Å². The molecule has 9 heteroatoms. The highest BCUT2D eigenvalue weighted by atomic mass is 35.5. The first-order chi connectivity index (χ1) is 15.9. The quantitative estimate of drug-likeness (QED) is 0.386. The summed E-state index contributed by atoms with van der Waals surface area (Å²) in [6, 6.07) is 19.0. The minimum absolute atomic E-state index is 0.206. The summed E-state index contributed by atoms with van der Waals surface area (Å²) in [5, 5.41) is 4.33. The molecule has 166 valence electrons. The van der Waals surface area contributed by atoms with Crippen LogP contribution in [0.3, 0.4) is 0 Å². The lowest BCUT2D eigenvalue weighted by atomic mass is 10.2. The zero-order valence-electron chi connectivity index (χ0n) is 16.8. The molecule has 1 fully saturated rings. The smallest absolute Gasteiger partial charge is 0.279 e. The van der Waals surface area contributed by atoms with Gasteiger partial charge in [0.1, 0.15) is 12.4 Å². The second-order valence-corrected chi connectivity index (χ2v) is 9.15. The lowest BCUT2D eigenvalue weighted by Crippen LogP contribution is -2.20. The monoisotopic (exact) mass is 516 g/mol. The summed E-state index contributed by atoms with van der Waals surface area (Å²) in [5.74, 6) is -0.324. The van der Waals surface area contributed by atoms with Gasteiger partial charge in [-0.05, 0) is 65.9 Å². The van der Waals surface area contributed by atoms with E-state index in [-0.39, 0.29) is 17.7 Å². The van der Waals surface area contributed by atoms with Gasteiger partial charge < -0.3 is 10.1 Å². The molecule has 1 aliphatic rings. The van der Waals surface area contributed by atoms with Crippen LogP contribution < -0.4 is 10.1 Å². The van der Waals surface area contributed by atoms with E-state index in [0.29, 0.717) is 36.8 Å². The zero-order chi connectivity index (χ0) is 23.4. The molecule has 5 nitrogen and oxygen atoms in total. The van der Waals surface area contributed by atoms with Crippen molar-refractivity contribution in [3.05, 3.63) is 103 Å². The first-order valence-corrected chi connectivity index (χ1v) is 11.6. The first-order valence-electron chi connectivity index (χ1n) is 9.64. The number of nitrogens with zero attached hydrogens (tertiary/aromatic N) is 1. The normalized spacial score (nSPS) is 15.7. The number of rotatable bonds is 5. The van der Waals surface area contributed by atoms with Crippen molar-refractivity contribution in [1.82, 2.24) is 5.32 Å². The minimum Gasteiger partial charge on any atom is -0.487 e. The third-order valence-electron chi connectivity index (χ3n) is 4.54. The Bertz CT molecular complexity index is 1290. The van der Waals surface area contributed by atoms with E-state index in [4.69, 9.17) is 39.5 Å². The number of hydrogen-bond acceptors (Lipinski definition) is 4. The molecule has 3 aromatic carbocycles. The average Bonchev–Trinajstić information content (AvgIpc) is 3.13. The highest BCUT2D eigenvalue weighted by Gasteiger charge is 2.25. The van der Waals surface area contributed by atoms with E-state index in [1.165, 1.54) is 0 Å². The molecule has 0 aliphatic carbocycles. The summed E-state index contributed by atoms with van der Waals surface area (Å²) < 4.78 is 5.77. The van der Waals surface area contributed by atoms with Crippen molar-refractivity contribution in [2.45, 2.75) is 6.61 Å². The van der Waals surface area contributed by atoms with Gasteiger partial charge in [-0.15, -0.1) is 0 Å². The standard InChI is InChI=1S/C24H15Cl3N2O3S/c25-17-8-6-15(7-9-17)22(30)28-24-29-23(31)21(33-24)12-14-5-10-20(19(27)11-14)32-13-16-3-1-2-4-18(16)26/h1-12H,13H2,(H,28,29,30,31)/b21-12-. The SMILES string of the molecule is O=C1NC(=NC(=O)c2ccc(Cl)cc2)S/C1=C\c1ccc(OCc2ccccc2Cl)c(Cl)c1. The molecule has 3 aromatic rings. The number of halogens is 3. The maximum Gasteiger partial charge on any atom is 0.279 e. The number of carbonyl (C=O) groups is 2. The van der Waals surface area contributed by atoms with Crippen molar-refractivity contribution in [2.24, 2.45) is 4.99 Å². The first kappa shape index (κ1) is 23.4. The lowest BCUT2D eigenvalue weighted by Gasteiger charge is -2.10. The maximum absolute atomic E-state index is 12.3. The molecule has 0 radical (unpaired) electrons. The van der Waals surface area contributed by atoms with Gasteiger partial charge in [-0.25, -0.2) is 0 Å². The zero-order valence-corrected chi connectivity index (χ0v) is 19.9. The maximum atomic E-state index is 12.3. The number of carbonyl (C=O) groups excluding carboxylic acids is 2. The van der Waals surface area contributed by atoms with Crippen LogP contribution in [0.4, 0.5) is 0 Å². The van der Waals surface area contributed by atoms with Gasteiger partial charge in [0, 0.05) is 21.2 Å². The van der Waals surface area contributed by atoms with E-state index in [0.717, 1.165) is 17.3 Å². The lowest BCUT2D eigenvalue weighted by molar-refractivity contribution is -0.115. The molecule has 1 heterocycles. The highest BCUT2D eigenvalue weighted by molar-refractivity contribution is 8.18. The Kier molecular flexibility index (Phi) is 7.40. The van der Waals surface area contributed by atoms with Crippen molar-refractivity contribution >= 4 is 69.6 Å². The molecule has 4 rings (SSSR count). The van der Waals surface area contributed by atoms with Crippen LogP contribution in [-0.2, 0) is 11.4 Å². The Hall–Kier alpha value is -2.77. The van der Waals surface area contributed by atoms with Crippen molar-refractivity contribution < 1.29 is 14.3 Å². The molecule has 0 bridgehead atoms. The fourth-order valence-electron chi connectivity index (χ4n) is 2.88. The number of aliphatic imine (C=N–C) groups is 1. The van der Waals surface area contributed by atoms with Crippen molar-refractivity contribution in [3.63, 3.8) is 0 Å². The molecular weight excluding hydrogens is 503 g/mol. The van der Waals surface area contributed by atoms with Crippen LogP contribution in [0.15, 0.2) is 76.6 Å². The Labute approximate surface area is 209 Å². The molecule has 1 N–H and O–H groups in total. The van der Waals surface area contributed by atoms with Gasteiger partial charge in [-0.1, -0.05) is 59.1 Å². The molecule has 1 aliphatic heterocycles. The molecule has 0 atom stereocenters. The van der Waals surface area contributed by atoms with Crippen LogP contribution >= 0.6 is 46.6 Å². The average molecular weight is 518 g/mol. The summed E-state index contributed by atoms with van der Waals surface area (Å²) >= 11 is 19.4. The Morgan fingerprint density at radius 2 is 1.76 bits per heavy atom. The van der Waals surface area contributed by atoms with E-state index in [9.17, 15) is 9.59 Å². The van der Waals surface area contributed by atoms with E-state index < -0.39 is 5.91 Å². The van der Waals surface area contributed by atoms with Crippen LogP contribution in [0.2, 0.25) is 15.1 Å². The molecular formula is C24H15Cl3N2O3S. The third kappa shape index (κ3) is 5.97. The van der Waals surface area contributed by atoms with Gasteiger partial charge in [0.15, 0.2) is 5.17 Å². The molecule has 0 unspecified atom stereocenters. The van der Waals surface area contributed by atoms with Crippen LogP contribution in [0.5, 0.6) is 5.75 Å². The topological polar surface area (TPSA) is 67.8 Å². The number of thioether (sulfide) groups is 1.